The van der Waals surface area contributed by atoms with Crippen LogP contribution in [0.2, 0.25) is 0 Å². The molecule has 2 fully saturated rings. The van der Waals surface area contributed by atoms with E-state index in [4.69, 9.17) is 9.72 Å². The van der Waals surface area contributed by atoms with E-state index in [2.05, 4.69) is 14.9 Å². The van der Waals surface area contributed by atoms with Crippen LogP contribution in [0.5, 0.6) is 0 Å². The van der Waals surface area contributed by atoms with Gasteiger partial charge in [0.25, 0.3) is 0 Å². The first-order chi connectivity index (χ1) is 15.2. The van der Waals surface area contributed by atoms with E-state index < -0.39 is 0 Å². The third kappa shape index (κ3) is 6.08. The fourth-order valence-corrected chi connectivity index (χ4v) is 4.50. The number of hydrogen-bond acceptors (Lipinski definition) is 6. The second kappa shape index (κ2) is 10.8. The van der Waals surface area contributed by atoms with E-state index in [0.717, 1.165) is 35.5 Å². The van der Waals surface area contributed by atoms with Crippen LogP contribution in [-0.4, -0.2) is 70.0 Å². The Morgan fingerprint density at radius 3 is 2.61 bits per heavy atom. The highest BCUT2D eigenvalue weighted by atomic mass is 16.5. The molecule has 2 aliphatic heterocycles. The van der Waals surface area contributed by atoms with Crippen LogP contribution >= 0.6 is 0 Å². The van der Waals surface area contributed by atoms with Crippen molar-refractivity contribution >= 4 is 5.91 Å². The summed E-state index contributed by atoms with van der Waals surface area (Å²) >= 11 is 0. The lowest BCUT2D eigenvalue weighted by Gasteiger charge is -2.33. The maximum atomic E-state index is 12.9. The summed E-state index contributed by atoms with van der Waals surface area (Å²) in [6.45, 7) is 7.13. The minimum absolute atomic E-state index is 0.202. The molecule has 0 bridgehead atoms. The molecule has 2 aromatic heterocycles. The van der Waals surface area contributed by atoms with Crippen LogP contribution in [0.25, 0.3) is 11.1 Å². The van der Waals surface area contributed by atoms with Gasteiger partial charge in [-0.3, -0.25) is 9.78 Å². The van der Waals surface area contributed by atoms with E-state index in [0.29, 0.717) is 26.1 Å². The minimum atomic E-state index is -0.202. The van der Waals surface area contributed by atoms with Gasteiger partial charge in [0.15, 0.2) is 0 Å². The zero-order valence-corrected chi connectivity index (χ0v) is 18.5. The molecule has 0 radical (unpaired) electrons. The Bertz CT molecular complexity index is 852. The molecule has 4 rings (SSSR count). The Morgan fingerprint density at radius 2 is 1.84 bits per heavy atom. The Balaban J connectivity index is 1.35. The van der Waals surface area contributed by atoms with Crippen molar-refractivity contribution in [3.8, 4) is 11.1 Å². The molecule has 4 heterocycles. The second-order valence-electron chi connectivity index (χ2n) is 8.61. The highest BCUT2D eigenvalue weighted by molar-refractivity contribution is 5.76. The molecule has 2 saturated heterocycles. The van der Waals surface area contributed by atoms with Crippen molar-refractivity contribution in [1.82, 2.24) is 24.8 Å². The van der Waals surface area contributed by atoms with Crippen molar-refractivity contribution in [2.75, 3.05) is 39.3 Å². The van der Waals surface area contributed by atoms with E-state index in [1.165, 1.54) is 45.1 Å². The minimum Gasteiger partial charge on any atom is -0.368 e. The van der Waals surface area contributed by atoms with Crippen LogP contribution < -0.4 is 0 Å². The molecule has 1 unspecified atom stereocenters. The van der Waals surface area contributed by atoms with Crippen LogP contribution in [-0.2, 0) is 9.53 Å². The molecule has 0 N–H and O–H groups in total. The molecule has 166 valence electrons. The van der Waals surface area contributed by atoms with Crippen LogP contribution in [0, 0.1) is 6.92 Å². The number of carbonyl (C=O) groups is 1. The third-order valence-electron chi connectivity index (χ3n) is 6.18. The van der Waals surface area contributed by atoms with E-state index in [9.17, 15) is 4.79 Å². The molecule has 0 spiro atoms. The van der Waals surface area contributed by atoms with Gasteiger partial charge in [-0.05, 0) is 63.5 Å². The molecule has 2 aromatic rings. The summed E-state index contributed by atoms with van der Waals surface area (Å²) in [5, 5.41) is 0. The highest BCUT2D eigenvalue weighted by Gasteiger charge is 2.26. The number of likely N-dealkylation sites (tertiary alicyclic amines) is 1. The number of hydrogen-bond donors (Lipinski definition) is 0. The first kappa shape index (κ1) is 21.8. The topological polar surface area (TPSA) is 71.5 Å². The van der Waals surface area contributed by atoms with Gasteiger partial charge < -0.3 is 14.5 Å². The van der Waals surface area contributed by atoms with Crippen molar-refractivity contribution in [2.24, 2.45) is 0 Å². The predicted octanol–water partition coefficient (Wildman–Crippen LogP) is 3.40. The van der Waals surface area contributed by atoms with E-state index in [-0.39, 0.29) is 12.0 Å². The van der Waals surface area contributed by atoms with Crippen molar-refractivity contribution < 1.29 is 9.53 Å². The molecule has 1 amide bonds. The molecule has 7 heteroatoms. The number of amides is 1. The van der Waals surface area contributed by atoms with Gasteiger partial charge in [-0.1, -0.05) is 12.8 Å². The molecule has 7 nitrogen and oxygen atoms in total. The first-order valence-electron chi connectivity index (χ1n) is 11.5. The zero-order valence-electron chi connectivity index (χ0n) is 18.5. The Labute approximate surface area is 184 Å². The van der Waals surface area contributed by atoms with Crippen molar-refractivity contribution in [2.45, 2.75) is 51.6 Å². The van der Waals surface area contributed by atoms with E-state index in [1.807, 2.05) is 24.0 Å². The molecular weight excluding hydrogens is 390 g/mol. The molecule has 0 saturated carbocycles. The maximum absolute atomic E-state index is 12.9. The number of aryl methyl sites for hydroxylation is 1. The van der Waals surface area contributed by atoms with E-state index >= 15 is 0 Å². The second-order valence-corrected chi connectivity index (χ2v) is 8.61. The fraction of sp³-hybridized carbons (Fsp3) is 0.583. The Kier molecular flexibility index (Phi) is 7.59. The number of pyridine rings is 1. The molecule has 1 atom stereocenters. The summed E-state index contributed by atoms with van der Waals surface area (Å²) in [4.78, 5) is 30.3. The molecular formula is C24H33N5O2. The average Bonchev–Trinajstić information content (AvgIpc) is 3.08. The first-order valence-corrected chi connectivity index (χ1v) is 11.5. The van der Waals surface area contributed by atoms with Crippen LogP contribution in [0.4, 0.5) is 0 Å². The van der Waals surface area contributed by atoms with Crippen molar-refractivity contribution in [3.05, 3.63) is 42.2 Å². The van der Waals surface area contributed by atoms with Crippen LogP contribution in [0.15, 0.2) is 30.9 Å². The fourth-order valence-electron chi connectivity index (χ4n) is 4.50. The number of morpholine rings is 1. The lowest BCUT2D eigenvalue weighted by atomic mass is 10.1. The molecule has 0 aliphatic carbocycles. The van der Waals surface area contributed by atoms with Crippen molar-refractivity contribution in [3.63, 3.8) is 0 Å². The summed E-state index contributed by atoms with van der Waals surface area (Å²) in [6, 6.07) is 4.06. The number of carbonyl (C=O) groups excluding carboxylic acids is 1. The summed E-state index contributed by atoms with van der Waals surface area (Å²) < 4.78 is 6.01. The van der Waals surface area contributed by atoms with Gasteiger partial charge in [0.2, 0.25) is 5.91 Å². The van der Waals surface area contributed by atoms with Crippen molar-refractivity contribution in [1.29, 1.82) is 0 Å². The van der Waals surface area contributed by atoms with Gasteiger partial charge in [0.1, 0.15) is 12.4 Å². The lowest BCUT2D eigenvalue weighted by molar-refractivity contribution is -0.139. The predicted molar refractivity (Wildman–Crippen MR) is 119 cm³/mol. The lowest BCUT2D eigenvalue weighted by Crippen LogP contribution is -2.42. The summed E-state index contributed by atoms with van der Waals surface area (Å²) in [6.07, 6.45) is 11.7. The van der Waals surface area contributed by atoms with Gasteiger partial charge in [-0.2, -0.15) is 0 Å². The number of nitrogens with zero attached hydrogens (tertiary/aromatic N) is 5. The number of ether oxygens (including phenoxy) is 1. The number of aromatic nitrogens is 3. The monoisotopic (exact) mass is 423 g/mol. The Morgan fingerprint density at radius 1 is 1.06 bits per heavy atom. The molecule has 0 aromatic carbocycles. The molecule has 2 aliphatic rings. The molecule has 31 heavy (non-hydrogen) atoms. The highest BCUT2D eigenvalue weighted by Crippen LogP contribution is 2.26. The largest absolute Gasteiger partial charge is 0.368 e. The normalized spacial score (nSPS) is 20.4. The SMILES string of the molecule is Cc1cc(-c2cncnc2)cc(C2CN(C(=O)CCCN3CCCCCC3)CCO2)n1. The smallest absolute Gasteiger partial charge is 0.222 e. The summed E-state index contributed by atoms with van der Waals surface area (Å²) in [7, 11) is 0. The van der Waals surface area contributed by atoms with Crippen LogP contribution in [0.1, 0.15) is 56.0 Å². The van der Waals surface area contributed by atoms with Gasteiger partial charge in [0.05, 0.1) is 18.8 Å². The zero-order chi connectivity index (χ0) is 21.5. The Hall–Kier alpha value is -2.38. The number of rotatable bonds is 6. The third-order valence-corrected chi connectivity index (χ3v) is 6.18. The summed E-state index contributed by atoms with van der Waals surface area (Å²) in [5.74, 6) is 0.229. The summed E-state index contributed by atoms with van der Waals surface area (Å²) in [5.41, 5.74) is 3.75. The van der Waals surface area contributed by atoms with E-state index in [1.54, 1.807) is 12.4 Å². The maximum Gasteiger partial charge on any atom is 0.222 e. The van der Waals surface area contributed by atoms with Crippen LogP contribution in [0.3, 0.4) is 0 Å². The van der Waals surface area contributed by atoms with Gasteiger partial charge in [0, 0.05) is 36.6 Å². The standard InChI is InChI=1S/C24H33N5O2/c1-19-13-20(21-15-25-18-26-16-21)14-22(27-19)23-17-29(11-12-31-23)24(30)7-6-10-28-8-4-2-3-5-9-28/h13-16,18,23H,2-12,17H2,1H3. The quantitative estimate of drug-likeness (QED) is 0.709. The van der Waals surface area contributed by atoms with Gasteiger partial charge in [-0.25, -0.2) is 9.97 Å². The van der Waals surface area contributed by atoms with Gasteiger partial charge in [-0.15, -0.1) is 0 Å². The average molecular weight is 424 g/mol. The van der Waals surface area contributed by atoms with Gasteiger partial charge >= 0.3 is 0 Å².